The number of aromatic amines is 1. The van der Waals surface area contributed by atoms with Crippen LogP contribution in [-0.2, 0) is 17.1 Å². The standard InChI is InChI=1S/C27H20FN3O4S/c1-34-26(33)20-6-2-18(3-7-20)16-36-27-30-24(23(14-29)25(32)31-27)19-8-12-22(13-9-19)35-15-17-4-10-21(28)11-5-17/h2-13H,15-16H2,1H3,(H,30,31,32). The normalized spacial score (nSPS) is 10.5. The van der Waals surface area contributed by atoms with E-state index in [0.717, 1.165) is 11.1 Å². The minimum atomic E-state index is -0.525. The van der Waals surface area contributed by atoms with Crippen molar-refractivity contribution in [3.63, 3.8) is 0 Å². The lowest BCUT2D eigenvalue weighted by atomic mass is 10.1. The first-order chi connectivity index (χ1) is 17.5. The van der Waals surface area contributed by atoms with E-state index in [9.17, 15) is 19.2 Å². The first-order valence-corrected chi connectivity index (χ1v) is 11.8. The maximum absolute atomic E-state index is 13.1. The van der Waals surface area contributed by atoms with Crippen molar-refractivity contribution in [2.45, 2.75) is 17.5 Å². The van der Waals surface area contributed by atoms with Gasteiger partial charge < -0.3 is 14.5 Å². The van der Waals surface area contributed by atoms with E-state index < -0.39 is 11.5 Å². The summed E-state index contributed by atoms with van der Waals surface area (Å²) in [7, 11) is 1.32. The second-order valence-corrected chi connectivity index (χ2v) is 8.59. The van der Waals surface area contributed by atoms with Gasteiger partial charge in [-0.15, -0.1) is 0 Å². The van der Waals surface area contributed by atoms with Crippen LogP contribution in [0.25, 0.3) is 11.3 Å². The van der Waals surface area contributed by atoms with Crippen LogP contribution >= 0.6 is 11.8 Å². The topological polar surface area (TPSA) is 105 Å². The predicted octanol–water partition coefficient (Wildman–Crippen LogP) is 5.11. The lowest BCUT2D eigenvalue weighted by Crippen LogP contribution is -2.14. The summed E-state index contributed by atoms with van der Waals surface area (Å²) in [6.45, 7) is 0.272. The number of H-pyrrole nitrogens is 1. The third-order valence-corrected chi connectivity index (χ3v) is 6.15. The minimum absolute atomic E-state index is 0.0817. The zero-order valence-corrected chi connectivity index (χ0v) is 20.0. The number of carbonyl (C=O) groups is 1. The molecule has 0 fully saturated rings. The molecule has 0 saturated heterocycles. The van der Waals surface area contributed by atoms with Gasteiger partial charge in [0.25, 0.3) is 5.56 Å². The monoisotopic (exact) mass is 501 g/mol. The summed E-state index contributed by atoms with van der Waals surface area (Å²) in [5.41, 5.74) is 2.45. The molecule has 180 valence electrons. The lowest BCUT2D eigenvalue weighted by Gasteiger charge is -2.09. The summed E-state index contributed by atoms with van der Waals surface area (Å²) in [5.74, 6) is 0.349. The number of nitriles is 1. The highest BCUT2D eigenvalue weighted by Crippen LogP contribution is 2.26. The van der Waals surface area contributed by atoms with Crippen LogP contribution in [0.4, 0.5) is 4.39 Å². The molecule has 7 nitrogen and oxygen atoms in total. The molecule has 0 aliphatic rings. The van der Waals surface area contributed by atoms with E-state index >= 15 is 0 Å². The summed E-state index contributed by atoms with van der Waals surface area (Å²) in [6, 6.07) is 21.8. The van der Waals surface area contributed by atoms with E-state index in [1.165, 1.54) is 31.0 Å². The van der Waals surface area contributed by atoms with Crippen LogP contribution in [0.15, 0.2) is 82.7 Å². The average Bonchev–Trinajstić information content (AvgIpc) is 2.91. The van der Waals surface area contributed by atoms with Crippen LogP contribution in [0.2, 0.25) is 0 Å². The Hall–Kier alpha value is -4.42. The van der Waals surface area contributed by atoms with Gasteiger partial charge in [0.05, 0.1) is 18.4 Å². The summed E-state index contributed by atoms with van der Waals surface area (Å²) >= 11 is 1.30. The molecule has 9 heteroatoms. The summed E-state index contributed by atoms with van der Waals surface area (Å²) < 4.78 is 23.5. The first-order valence-electron chi connectivity index (χ1n) is 10.8. The number of carbonyl (C=O) groups excluding carboxylic acids is 1. The Balaban J connectivity index is 1.48. The van der Waals surface area contributed by atoms with Gasteiger partial charge in [-0.2, -0.15) is 5.26 Å². The summed E-state index contributed by atoms with van der Waals surface area (Å²) in [6.07, 6.45) is 0. The molecule has 3 aromatic carbocycles. The number of benzene rings is 3. The largest absolute Gasteiger partial charge is 0.489 e. The number of thioether (sulfide) groups is 1. The number of aromatic nitrogens is 2. The maximum Gasteiger partial charge on any atom is 0.337 e. The maximum atomic E-state index is 13.1. The highest BCUT2D eigenvalue weighted by atomic mass is 32.2. The molecule has 0 aliphatic carbocycles. The highest BCUT2D eigenvalue weighted by Gasteiger charge is 2.14. The van der Waals surface area contributed by atoms with E-state index in [1.807, 2.05) is 6.07 Å². The Morgan fingerprint density at radius 3 is 2.33 bits per heavy atom. The fourth-order valence-electron chi connectivity index (χ4n) is 3.30. The van der Waals surface area contributed by atoms with Crippen molar-refractivity contribution in [1.29, 1.82) is 5.26 Å². The van der Waals surface area contributed by atoms with Gasteiger partial charge in [-0.25, -0.2) is 14.2 Å². The van der Waals surface area contributed by atoms with Crippen molar-refractivity contribution >= 4 is 17.7 Å². The number of hydrogen-bond acceptors (Lipinski definition) is 7. The van der Waals surface area contributed by atoms with Crippen LogP contribution in [0.1, 0.15) is 27.0 Å². The van der Waals surface area contributed by atoms with Crippen molar-refractivity contribution in [2.24, 2.45) is 0 Å². The van der Waals surface area contributed by atoms with E-state index in [0.29, 0.717) is 27.8 Å². The molecule has 0 aliphatic heterocycles. The number of esters is 1. The lowest BCUT2D eigenvalue weighted by molar-refractivity contribution is 0.0600. The molecular weight excluding hydrogens is 481 g/mol. The fourth-order valence-corrected chi connectivity index (χ4v) is 4.11. The zero-order chi connectivity index (χ0) is 25.5. The Labute approximate surface area is 210 Å². The molecule has 0 saturated carbocycles. The Morgan fingerprint density at radius 2 is 1.69 bits per heavy atom. The van der Waals surface area contributed by atoms with Gasteiger partial charge in [-0.3, -0.25) is 4.79 Å². The van der Waals surface area contributed by atoms with Crippen molar-refractivity contribution < 1.29 is 18.7 Å². The summed E-state index contributed by atoms with van der Waals surface area (Å²) in [4.78, 5) is 31.3. The van der Waals surface area contributed by atoms with Gasteiger partial charge in [0.1, 0.15) is 29.8 Å². The van der Waals surface area contributed by atoms with E-state index in [1.54, 1.807) is 60.7 Å². The van der Waals surface area contributed by atoms with E-state index in [4.69, 9.17) is 9.47 Å². The SMILES string of the molecule is COC(=O)c1ccc(CSc2nc(-c3ccc(OCc4ccc(F)cc4)cc3)c(C#N)c(=O)[nH]2)cc1. The molecule has 1 N–H and O–H groups in total. The number of nitrogens with zero attached hydrogens (tertiary/aromatic N) is 2. The van der Waals surface area contributed by atoms with Crippen LogP contribution in [-0.4, -0.2) is 23.0 Å². The van der Waals surface area contributed by atoms with Gasteiger partial charge in [-0.1, -0.05) is 36.0 Å². The number of rotatable bonds is 8. The average molecular weight is 502 g/mol. The van der Waals surface area contributed by atoms with Crippen LogP contribution in [0.3, 0.4) is 0 Å². The predicted molar refractivity (Wildman–Crippen MR) is 133 cm³/mol. The molecular formula is C27H20FN3O4S. The molecule has 36 heavy (non-hydrogen) atoms. The van der Waals surface area contributed by atoms with Crippen molar-refractivity contribution in [2.75, 3.05) is 7.11 Å². The second kappa shape index (κ2) is 11.3. The Morgan fingerprint density at radius 1 is 1.03 bits per heavy atom. The highest BCUT2D eigenvalue weighted by molar-refractivity contribution is 7.98. The number of halogens is 1. The minimum Gasteiger partial charge on any atom is -0.489 e. The quantitative estimate of drug-likeness (QED) is 0.203. The smallest absolute Gasteiger partial charge is 0.337 e. The summed E-state index contributed by atoms with van der Waals surface area (Å²) in [5, 5.41) is 9.89. The zero-order valence-electron chi connectivity index (χ0n) is 19.2. The van der Waals surface area contributed by atoms with Gasteiger partial charge in [0, 0.05) is 11.3 Å². The molecule has 0 amide bonds. The number of ether oxygens (including phenoxy) is 2. The van der Waals surface area contributed by atoms with Gasteiger partial charge in [0.2, 0.25) is 0 Å². The van der Waals surface area contributed by atoms with Gasteiger partial charge >= 0.3 is 5.97 Å². The molecule has 1 aromatic heterocycles. The van der Waals surface area contributed by atoms with Crippen LogP contribution in [0.5, 0.6) is 5.75 Å². The molecule has 0 bridgehead atoms. The molecule has 1 heterocycles. The van der Waals surface area contributed by atoms with Crippen molar-refractivity contribution in [3.05, 3.63) is 111 Å². The molecule has 0 unspecified atom stereocenters. The van der Waals surface area contributed by atoms with E-state index in [2.05, 4.69) is 9.97 Å². The van der Waals surface area contributed by atoms with Crippen molar-refractivity contribution in [3.8, 4) is 23.1 Å². The fraction of sp³-hybridized carbons (Fsp3) is 0.111. The first kappa shape index (κ1) is 24.7. The number of methoxy groups -OCH3 is 1. The molecule has 0 atom stereocenters. The molecule has 4 aromatic rings. The second-order valence-electron chi connectivity index (χ2n) is 7.62. The molecule has 0 radical (unpaired) electrons. The number of hydrogen-bond donors (Lipinski definition) is 1. The number of nitrogens with one attached hydrogen (secondary N) is 1. The van der Waals surface area contributed by atoms with Crippen molar-refractivity contribution in [1.82, 2.24) is 9.97 Å². The Kier molecular flexibility index (Phi) is 7.78. The molecule has 4 rings (SSSR count). The Bertz CT molecular complexity index is 1460. The van der Waals surface area contributed by atoms with Gasteiger partial charge in [0.15, 0.2) is 5.16 Å². The van der Waals surface area contributed by atoms with Crippen LogP contribution < -0.4 is 10.3 Å². The third kappa shape index (κ3) is 5.98. The van der Waals surface area contributed by atoms with E-state index in [-0.39, 0.29) is 23.7 Å². The van der Waals surface area contributed by atoms with Gasteiger partial charge in [-0.05, 0) is 59.7 Å². The third-order valence-electron chi connectivity index (χ3n) is 5.21. The molecule has 0 spiro atoms. The van der Waals surface area contributed by atoms with Crippen LogP contribution in [0, 0.1) is 17.1 Å².